The Kier molecular flexibility index (Phi) is 3.57. The Morgan fingerprint density at radius 3 is 2.88 bits per heavy atom. The summed E-state index contributed by atoms with van der Waals surface area (Å²) in [7, 11) is 6.39. The fourth-order valence-electron chi connectivity index (χ4n) is 2.12. The molecule has 1 aliphatic heterocycles. The van der Waals surface area contributed by atoms with E-state index in [2.05, 4.69) is 61.4 Å². The Labute approximate surface area is 104 Å². The van der Waals surface area contributed by atoms with Gasteiger partial charge in [0.15, 0.2) is 0 Å². The molecular formula is C14H23N3. The zero-order valence-corrected chi connectivity index (χ0v) is 11.3. The molecule has 0 saturated heterocycles. The first-order valence-electron chi connectivity index (χ1n) is 6.32. The monoisotopic (exact) mass is 233 g/mol. The van der Waals surface area contributed by atoms with Crippen molar-refractivity contribution >= 4 is 11.4 Å². The average molecular weight is 233 g/mol. The first-order valence-corrected chi connectivity index (χ1v) is 6.32. The van der Waals surface area contributed by atoms with Gasteiger partial charge in [0.2, 0.25) is 0 Å². The van der Waals surface area contributed by atoms with Crippen molar-refractivity contribution in [3.8, 4) is 0 Å². The molecule has 1 atom stereocenters. The molecule has 1 unspecified atom stereocenters. The number of hydrogen-bond acceptors (Lipinski definition) is 3. The van der Waals surface area contributed by atoms with Crippen molar-refractivity contribution in [3.05, 3.63) is 23.8 Å². The lowest BCUT2D eigenvalue weighted by molar-refractivity contribution is 0.326. The van der Waals surface area contributed by atoms with Crippen LogP contribution in [0.3, 0.4) is 0 Å². The molecule has 3 nitrogen and oxygen atoms in total. The number of nitrogens with one attached hydrogen (secondary N) is 1. The fourth-order valence-corrected chi connectivity index (χ4v) is 2.12. The van der Waals surface area contributed by atoms with E-state index in [1.54, 1.807) is 0 Å². The first kappa shape index (κ1) is 12.2. The van der Waals surface area contributed by atoms with Crippen LogP contribution in [-0.4, -0.2) is 45.2 Å². The minimum atomic E-state index is 0.547. The van der Waals surface area contributed by atoms with E-state index in [1.807, 2.05) is 0 Å². The Morgan fingerprint density at radius 1 is 1.41 bits per heavy atom. The van der Waals surface area contributed by atoms with Crippen LogP contribution in [0.1, 0.15) is 12.5 Å². The summed E-state index contributed by atoms with van der Waals surface area (Å²) >= 11 is 0. The molecule has 0 fully saturated rings. The normalized spacial score (nSPS) is 16.2. The van der Waals surface area contributed by atoms with E-state index in [4.69, 9.17) is 0 Å². The van der Waals surface area contributed by atoms with E-state index in [0.717, 1.165) is 13.1 Å². The molecule has 1 aromatic rings. The molecule has 2 rings (SSSR count). The van der Waals surface area contributed by atoms with Crippen molar-refractivity contribution in [2.24, 2.45) is 0 Å². The van der Waals surface area contributed by atoms with E-state index in [0.29, 0.717) is 6.04 Å². The molecule has 0 saturated carbocycles. The van der Waals surface area contributed by atoms with Gasteiger partial charge < -0.3 is 15.1 Å². The summed E-state index contributed by atoms with van der Waals surface area (Å²) < 4.78 is 0. The lowest BCUT2D eigenvalue weighted by Gasteiger charge is -2.21. The lowest BCUT2D eigenvalue weighted by atomic mass is 10.1. The second-order valence-corrected chi connectivity index (χ2v) is 5.21. The summed E-state index contributed by atoms with van der Waals surface area (Å²) in [4.78, 5) is 4.55. The molecule has 1 aromatic carbocycles. The maximum absolute atomic E-state index is 3.51. The highest BCUT2D eigenvalue weighted by molar-refractivity contribution is 5.63. The fraction of sp³-hybridized carbons (Fsp3) is 0.571. The Hall–Kier alpha value is -1.22. The van der Waals surface area contributed by atoms with Crippen LogP contribution in [0.15, 0.2) is 18.2 Å². The van der Waals surface area contributed by atoms with Gasteiger partial charge in [0.1, 0.15) is 0 Å². The molecule has 0 aromatic heterocycles. The van der Waals surface area contributed by atoms with Gasteiger partial charge in [-0.2, -0.15) is 0 Å². The smallest absolute Gasteiger partial charge is 0.0398 e. The predicted octanol–water partition coefficient (Wildman–Crippen LogP) is 2.04. The van der Waals surface area contributed by atoms with Crippen LogP contribution in [0.2, 0.25) is 0 Å². The van der Waals surface area contributed by atoms with Gasteiger partial charge in [0.25, 0.3) is 0 Å². The van der Waals surface area contributed by atoms with Gasteiger partial charge in [-0.05, 0) is 51.2 Å². The average Bonchev–Trinajstić information content (AvgIpc) is 2.67. The van der Waals surface area contributed by atoms with Crippen molar-refractivity contribution in [1.82, 2.24) is 4.90 Å². The molecule has 3 heteroatoms. The summed E-state index contributed by atoms with van der Waals surface area (Å²) in [5, 5.41) is 3.51. The molecule has 1 heterocycles. The molecular weight excluding hydrogens is 210 g/mol. The van der Waals surface area contributed by atoms with Gasteiger partial charge >= 0.3 is 0 Å². The summed E-state index contributed by atoms with van der Waals surface area (Å²) in [6.07, 6.45) is 1.17. The maximum Gasteiger partial charge on any atom is 0.0398 e. The standard InChI is InChI=1S/C14H23N3/c1-11(16(2)3)10-15-13-5-6-14-12(9-13)7-8-17(14)4/h5-6,9,11,15H,7-8,10H2,1-4H3. The van der Waals surface area contributed by atoms with E-state index in [1.165, 1.54) is 23.4 Å². The second-order valence-electron chi connectivity index (χ2n) is 5.21. The first-order chi connectivity index (χ1) is 8.08. The number of anilines is 2. The van der Waals surface area contributed by atoms with Crippen molar-refractivity contribution in [2.75, 3.05) is 44.4 Å². The van der Waals surface area contributed by atoms with Gasteiger partial charge in [0, 0.05) is 37.6 Å². The van der Waals surface area contributed by atoms with E-state index >= 15 is 0 Å². The third-order valence-corrected chi connectivity index (χ3v) is 3.69. The number of hydrogen-bond donors (Lipinski definition) is 1. The third kappa shape index (κ3) is 2.72. The molecule has 1 aliphatic rings. The van der Waals surface area contributed by atoms with Crippen LogP contribution < -0.4 is 10.2 Å². The van der Waals surface area contributed by atoms with Crippen LogP contribution >= 0.6 is 0 Å². The second kappa shape index (κ2) is 4.96. The zero-order chi connectivity index (χ0) is 12.4. The maximum atomic E-state index is 3.51. The Morgan fingerprint density at radius 2 is 2.18 bits per heavy atom. The third-order valence-electron chi connectivity index (χ3n) is 3.69. The van der Waals surface area contributed by atoms with Crippen LogP contribution in [0.5, 0.6) is 0 Å². The molecule has 0 bridgehead atoms. The minimum absolute atomic E-state index is 0.547. The number of rotatable bonds is 4. The number of benzene rings is 1. The van der Waals surface area contributed by atoms with E-state index < -0.39 is 0 Å². The summed E-state index contributed by atoms with van der Waals surface area (Å²) in [6.45, 7) is 4.36. The quantitative estimate of drug-likeness (QED) is 0.858. The number of fused-ring (bicyclic) bond motifs is 1. The Balaban J connectivity index is 1.99. The van der Waals surface area contributed by atoms with Crippen LogP contribution in [0.25, 0.3) is 0 Å². The summed E-state index contributed by atoms with van der Waals surface area (Å²) in [6, 6.07) is 7.25. The largest absolute Gasteiger partial charge is 0.383 e. The lowest BCUT2D eigenvalue weighted by Crippen LogP contribution is -2.31. The molecule has 0 amide bonds. The van der Waals surface area contributed by atoms with Crippen molar-refractivity contribution in [3.63, 3.8) is 0 Å². The summed E-state index contributed by atoms with van der Waals surface area (Å²) in [5.74, 6) is 0. The molecule has 94 valence electrons. The highest BCUT2D eigenvalue weighted by atomic mass is 15.1. The number of nitrogens with zero attached hydrogens (tertiary/aromatic N) is 2. The Bertz CT molecular complexity index is 387. The summed E-state index contributed by atoms with van der Waals surface area (Å²) in [5.41, 5.74) is 4.10. The van der Waals surface area contributed by atoms with Crippen molar-refractivity contribution in [2.45, 2.75) is 19.4 Å². The predicted molar refractivity (Wildman–Crippen MR) is 75.1 cm³/mol. The molecule has 17 heavy (non-hydrogen) atoms. The highest BCUT2D eigenvalue weighted by Gasteiger charge is 2.15. The van der Waals surface area contributed by atoms with Crippen LogP contribution in [0, 0.1) is 0 Å². The molecule has 0 spiro atoms. The molecule has 0 radical (unpaired) electrons. The topological polar surface area (TPSA) is 18.5 Å². The molecule has 0 aliphatic carbocycles. The van der Waals surface area contributed by atoms with Gasteiger partial charge in [0.05, 0.1) is 0 Å². The van der Waals surface area contributed by atoms with E-state index in [-0.39, 0.29) is 0 Å². The molecule has 1 N–H and O–H groups in total. The van der Waals surface area contributed by atoms with Crippen molar-refractivity contribution < 1.29 is 0 Å². The van der Waals surface area contributed by atoms with Gasteiger partial charge in [-0.3, -0.25) is 0 Å². The van der Waals surface area contributed by atoms with Gasteiger partial charge in [-0.1, -0.05) is 0 Å². The van der Waals surface area contributed by atoms with Crippen LogP contribution in [0.4, 0.5) is 11.4 Å². The van der Waals surface area contributed by atoms with E-state index in [9.17, 15) is 0 Å². The van der Waals surface area contributed by atoms with Gasteiger partial charge in [-0.25, -0.2) is 0 Å². The van der Waals surface area contributed by atoms with Crippen LogP contribution in [-0.2, 0) is 6.42 Å². The van der Waals surface area contributed by atoms with Crippen molar-refractivity contribution in [1.29, 1.82) is 0 Å². The number of likely N-dealkylation sites (N-methyl/N-ethyl adjacent to an activating group) is 2. The minimum Gasteiger partial charge on any atom is -0.383 e. The highest BCUT2D eigenvalue weighted by Crippen LogP contribution is 2.29. The zero-order valence-electron chi connectivity index (χ0n) is 11.3. The van der Waals surface area contributed by atoms with Gasteiger partial charge in [-0.15, -0.1) is 0 Å². The SMILES string of the molecule is CC(CNc1ccc2c(c1)CCN2C)N(C)C.